The molecule has 78 valence electrons. The summed E-state index contributed by atoms with van der Waals surface area (Å²) in [6, 6.07) is 0. The Morgan fingerprint density at radius 1 is 1.46 bits per heavy atom. The fourth-order valence-corrected chi connectivity index (χ4v) is 1.98. The number of hydrogen-bond acceptors (Lipinski definition) is 2. The molecule has 0 radical (unpaired) electrons. The Bertz CT molecular complexity index is 156. The van der Waals surface area contributed by atoms with Gasteiger partial charge in [-0.3, -0.25) is 4.90 Å². The highest BCUT2D eigenvalue weighted by atomic mass is 16.3. The SMILES string of the molecule is CCC(C)C1CN(CC(C)(C)O)C1. The molecule has 0 aromatic heterocycles. The minimum absolute atomic E-state index is 0.527. The molecule has 2 nitrogen and oxygen atoms in total. The van der Waals surface area contributed by atoms with Gasteiger partial charge in [-0.05, 0) is 25.7 Å². The average Bonchev–Trinajstić information content (AvgIpc) is 1.92. The first kappa shape index (κ1) is 11.0. The van der Waals surface area contributed by atoms with E-state index in [0.717, 1.165) is 18.4 Å². The highest BCUT2D eigenvalue weighted by molar-refractivity contribution is 4.86. The van der Waals surface area contributed by atoms with Crippen LogP contribution in [0.1, 0.15) is 34.1 Å². The normalized spacial score (nSPS) is 22.8. The fourth-order valence-electron chi connectivity index (χ4n) is 1.98. The van der Waals surface area contributed by atoms with Gasteiger partial charge >= 0.3 is 0 Å². The van der Waals surface area contributed by atoms with E-state index < -0.39 is 5.60 Å². The van der Waals surface area contributed by atoms with Crippen LogP contribution in [-0.4, -0.2) is 35.2 Å². The first-order valence-corrected chi connectivity index (χ1v) is 5.37. The van der Waals surface area contributed by atoms with Crippen molar-refractivity contribution in [3.8, 4) is 0 Å². The molecule has 1 rings (SSSR count). The predicted molar refractivity (Wildman–Crippen MR) is 55.7 cm³/mol. The summed E-state index contributed by atoms with van der Waals surface area (Å²) >= 11 is 0. The molecule has 1 heterocycles. The van der Waals surface area contributed by atoms with Gasteiger partial charge in [0.05, 0.1) is 5.60 Å². The van der Waals surface area contributed by atoms with Gasteiger partial charge in [-0.25, -0.2) is 0 Å². The molecule has 0 bridgehead atoms. The fraction of sp³-hybridized carbons (Fsp3) is 1.00. The summed E-state index contributed by atoms with van der Waals surface area (Å²) in [7, 11) is 0. The van der Waals surface area contributed by atoms with Crippen LogP contribution in [0.2, 0.25) is 0 Å². The molecule has 0 spiro atoms. The van der Waals surface area contributed by atoms with E-state index in [9.17, 15) is 5.11 Å². The number of aliphatic hydroxyl groups is 1. The number of nitrogens with zero attached hydrogens (tertiary/aromatic N) is 1. The van der Waals surface area contributed by atoms with Crippen molar-refractivity contribution >= 4 is 0 Å². The molecule has 0 aromatic rings. The molecular formula is C11H23NO. The highest BCUT2D eigenvalue weighted by Gasteiger charge is 2.32. The van der Waals surface area contributed by atoms with E-state index in [1.54, 1.807) is 0 Å². The maximum Gasteiger partial charge on any atom is 0.0718 e. The Labute approximate surface area is 81.9 Å². The van der Waals surface area contributed by atoms with E-state index in [4.69, 9.17) is 0 Å². The lowest BCUT2D eigenvalue weighted by atomic mass is 9.85. The van der Waals surface area contributed by atoms with Gasteiger partial charge in [0.2, 0.25) is 0 Å². The van der Waals surface area contributed by atoms with E-state index in [0.29, 0.717) is 0 Å². The quantitative estimate of drug-likeness (QED) is 0.721. The van der Waals surface area contributed by atoms with Crippen LogP contribution in [0.4, 0.5) is 0 Å². The van der Waals surface area contributed by atoms with Crippen molar-refractivity contribution in [3.63, 3.8) is 0 Å². The standard InChI is InChI=1S/C11H23NO/c1-5-9(2)10-6-12(7-10)8-11(3,4)13/h9-10,13H,5-8H2,1-4H3. The summed E-state index contributed by atoms with van der Waals surface area (Å²) in [6.45, 7) is 11.5. The van der Waals surface area contributed by atoms with Crippen molar-refractivity contribution in [2.24, 2.45) is 11.8 Å². The molecule has 1 aliphatic heterocycles. The minimum Gasteiger partial charge on any atom is -0.389 e. The Morgan fingerprint density at radius 3 is 2.38 bits per heavy atom. The van der Waals surface area contributed by atoms with Crippen LogP contribution in [0.3, 0.4) is 0 Å². The van der Waals surface area contributed by atoms with Crippen molar-refractivity contribution in [2.75, 3.05) is 19.6 Å². The number of β-amino-alcohol motifs (C(OH)–C–C–N with tert-alkyl or cyclic N) is 1. The van der Waals surface area contributed by atoms with Crippen LogP contribution in [0.25, 0.3) is 0 Å². The molecule has 1 atom stereocenters. The zero-order valence-electron chi connectivity index (χ0n) is 9.38. The Balaban J connectivity index is 2.19. The zero-order chi connectivity index (χ0) is 10.1. The van der Waals surface area contributed by atoms with Gasteiger partial charge in [-0.15, -0.1) is 0 Å². The Hall–Kier alpha value is -0.0800. The Kier molecular flexibility index (Phi) is 3.36. The molecular weight excluding hydrogens is 162 g/mol. The first-order valence-electron chi connectivity index (χ1n) is 5.37. The lowest BCUT2D eigenvalue weighted by Crippen LogP contribution is -2.53. The molecule has 0 aliphatic carbocycles. The topological polar surface area (TPSA) is 23.5 Å². The van der Waals surface area contributed by atoms with Gasteiger partial charge in [-0.2, -0.15) is 0 Å². The minimum atomic E-state index is -0.527. The van der Waals surface area contributed by atoms with Crippen LogP contribution in [0.5, 0.6) is 0 Å². The first-order chi connectivity index (χ1) is 5.92. The van der Waals surface area contributed by atoms with Gasteiger partial charge in [0, 0.05) is 19.6 Å². The van der Waals surface area contributed by atoms with E-state index in [1.807, 2.05) is 13.8 Å². The zero-order valence-corrected chi connectivity index (χ0v) is 9.38. The smallest absolute Gasteiger partial charge is 0.0718 e. The lowest BCUT2D eigenvalue weighted by Gasteiger charge is -2.44. The van der Waals surface area contributed by atoms with Crippen molar-refractivity contribution in [1.82, 2.24) is 4.90 Å². The molecule has 0 aromatic carbocycles. The van der Waals surface area contributed by atoms with Gasteiger partial charge in [0.15, 0.2) is 0 Å². The van der Waals surface area contributed by atoms with E-state index in [1.165, 1.54) is 19.5 Å². The molecule has 1 unspecified atom stereocenters. The van der Waals surface area contributed by atoms with E-state index >= 15 is 0 Å². The van der Waals surface area contributed by atoms with Gasteiger partial charge in [0.25, 0.3) is 0 Å². The third-order valence-electron chi connectivity index (χ3n) is 3.04. The second-order valence-electron chi connectivity index (χ2n) is 5.15. The van der Waals surface area contributed by atoms with Gasteiger partial charge in [0.1, 0.15) is 0 Å². The van der Waals surface area contributed by atoms with Gasteiger partial charge < -0.3 is 5.11 Å². The largest absolute Gasteiger partial charge is 0.389 e. The van der Waals surface area contributed by atoms with Crippen molar-refractivity contribution in [2.45, 2.75) is 39.7 Å². The molecule has 0 saturated carbocycles. The molecule has 0 amide bonds. The number of rotatable bonds is 4. The maximum absolute atomic E-state index is 9.59. The summed E-state index contributed by atoms with van der Waals surface area (Å²) in [5.74, 6) is 1.71. The molecule has 1 fully saturated rings. The van der Waals surface area contributed by atoms with Crippen LogP contribution in [0.15, 0.2) is 0 Å². The molecule has 13 heavy (non-hydrogen) atoms. The number of likely N-dealkylation sites (tertiary alicyclic amines) is 1. The molecule has 2 heteroatoms. The second kappa shape index (κ2) is 3.97. The summed E-state index contributed by atoms with van der Waals surface area (Å²) < 4.78 is 0. The third kappa shape index (κ3) is 3.28. The summed E-state index contributed by atoms with van der Waals surface area (Å²) in [6.07, 6.45) is 1.28. The van der Waals surface area contributed by atoms with Crippen LogP contribution in [0, 0.1) is 11.8 Å². The summed E-state index contributed by atoms with van der Waals surface area (Å²) in [5.41, 5.74) is -0.527. The van der Waals surface area contributed by atoms with Crippen LogP contribution in [-0.2, 0) is 0 Å². The van der Waals surface area contributed by atoms with Crippen molar-refractivity contribution in [1.29, 1.82) is 0 Å². The van der Waals surface area contributed by atoms with Crippen molar-refractivity contribution in [3.05, 3.63) is 0 Å². The highest BCUT2D eigenvalue weighted by Crippen LogP contribution is 2.26. The summed E-state index contributed by atoms with van der Waals surface area (Å²) in [5, 5.41) is 9.59. The van der Waals surface area contributed by atoms with Crippen LogP contribution < -0.4 is 0 Å². The monoisotopic (exact) mass is 185 g/mol. The number of hydrogen-bond donors (Lipinski definition) is 1. The van der Waals surface area contributed by atoms with Crippen molar-refractivity contribution < 1.29 is 5.11 Å². The predicted octanol–water partition coefficient (Wildman–Crippen LogP) is 1.74. The summed E-state index contributed by atoms with van der Waals surface area (Å²) in [4.78, 5) is 2.34. The van der Waals surface area contributed by atoms with Crippen LogP contribution >= 0.6 is 0 Å². The third-order valence-corrected chi connectivity index (χ3v) is 3.04. The van der Waals surface area contributed by atoms with E-state index in [-0.39, 0.29) is 0 Å². The van der Waals surface area contributed by atoms with E-state index in [2.05, 4.69) is 18.7 Å². The molecule has 1 aliphatic rings. The maximum atomic E-state index is 9.59. The Morgan fingerprint density at radius 2 is 2.00 bits per heavy atom. The average molecular weight is 185 g/mol. The molecule has 1 N–H and O–H groups in total. The second-order valence-corrected chi connectivity index (χ2v) is 5.15. The molecule has 1 saturated heterocycles. The van der Waals surface area contributed by atoms with Gasteiger partial charge in [-0.1, -0.05) is 20.3 Å². The lowest BCUT2D eigenvalue weighted by molar-refractivity contribution is -0.0207.